The van der Waals surface area contributed by atoms with Crippen molar-refractivity contribution in [2.75, 3.05) is 11.9 Å². The Hall–Kier alpha value is -2.95. The Bertz CT molecular complexity index is 1290. The van der Waals surface area contributed by atoms with E-state index in [1.54, 1.807) is 13.1 Å². The standard InChI is InChI=1S/C28H31F5N4OS/c1-16-8-10-34-22(11-16)26-24(37-18(3)39-26)25(38)19-5-4-9-27(29,30)13-17(2)20(12-19)14-35-23-7-6-21(15-36-23)28(31,32)33/h6-8,10-11,15,17,19-20H,4-5,9,12-14H2,1-3H3,(H,35,36)/t17-,19?,20?/m1/s1. The van der Waals surface area contributed by atoms with Crippen molar-refractivity contribution in [3.63, 3.8) is 0 Å². The van der Waals surface area contributed by atoms with E-state index in [1.165, 1.54) is 17.4 Å². The number of carbonyl (C=O) groups is 1. The zero-order valence-electron chi connectivity index (χ0n) is 22.0. The van der Waals surface area contributed by atoms with E-state index in [9.17, 15) is 26.7 Å². The monoisotopic (exact) mass is 566 g/mol. The molecule has 1 N–H and O–H groups in total. The SMILES string of the molecule is Cc1ccnc(-c2sc(C)nc2C(=O)C2CCCC(F)(F)C[C@@H](C)C(CNc3ccc(C(F)(F)F)cn3)C2)c1. The number of carbonyl (C=O) groups excluding carboxylic acids is 1. The molecule has 210 valence electrons. The number of ketones is 1. The molecule has 0 aromatic carbocycles. The second kappa shape index (κ2) is 11.7. The molecule has 0 aliphatic heterocycles. The molecule has 3 aromatic heterocycles. The van der Waals surface area contributed by atoms with Crippen LogP contribution in [0.25, 0.3) is 10.6 Å². The van der Waals surface area contributed by atoms with Crippen molar-refractivity contribution in [1.29, 1.82) is 0 Å². The average Bonchev–Trinajstić information content (AvgIpc) is 3.27. The van der Waals surface area contributed by atoms with Crippen molar-refractivity contribution in [1.82, 2.24) is 15.0 Å². The van der Waals surface area contributed by atoms with E-state index in [2.05, 4.69) is 20.3 Å². The second-order valence-corrected chi connectivity index (χ2v) is 11.6. The highest BCUT2D eigenvalue weighted by Gasteiger charge is 2.38. The molecular weight excluding hydrogens is 535 g/mol. The highest BCUT2D eigenvalue weighted by molar-refractivity contribution is 7.15. The predicted octanol–water partition coefficient (Wildman–Crippen LogP) is 8.00. The van der Waals surface area contributed by atoms with E-state index in [4.69, 9.17) is 0 Å². The maximum Gasteiger partial charge on any atom is 0.417 e. The van der Waals surface area contributed by atoms with Gasteiger partial charge in [-0.15, -0.1) is 11.3 Å². The van der Waals surface area contributed by atoms with Gasteiger partial charge in [0.25, 0.3) is 0 Å². The van der Waals surface area contributed by atoms with Crippen molar-refractivity contribution >= 4 is 22.9 Å². The normalized spacial score (nSPS) is 22.0. The van der Waals surface area contributed by atoms with Gasteiger partial charge in [0.05, 0.1) is 21.1 Å². The maximum absolute atomic E-state index is 14.7. The fourth-order valence-electron chi connectivity index (χ4n) is 5.11. The molecule has 11 heteroatoms. The number of thiazole rings is 1. The van der Waals surface area contributed by atoms with E-state index in [-0.39, 0.29) is 43.3 Å². The van der Waals surface area contributed by atoms with Crippen LogP contribution in [0.4, 0.5) is 27.8 Å². The lowest BCUT2D eigenvalue weighted by Gasteiger charge is -2.28. The third-order valence-corrected chi connectivity index (χ3v) is 8.22. The van der Waals surface area contributed by atoms with Gasteiger partial charge in [-0.1, -0.05) is 6.92 Å². The largest absolute Gasteiger partial charge is 0.417 e. The molecule has 2 unspecified atom stereocenters. The summed E-state index contributed by atoms with van der Waals surface area (Å²) in [6.45, 7) is 5.68. The first kappa shape index (κ1) is 29.0. The number of aryl methyl sites for hydroxylation is 2. The van der Waals surface area contributed by atoms with E-state index in [0.717, 1.165) is 17.8 Å². The van der Waals surface area contributed by atoms with Crippen molar-refractivity contribution in [3.8, 4) is 10.6 Å². The zero-order chi connectivity index (χ0) is 28.4. The number of hydrogen-bond donors (Lipinski definition) is 1. The minimum absolute atomic E-state index is 0.187. The van der Waals surface area contributed by atoms with Gasteiger partial charge in [-0.3, -0.25) is 9.78 Å². The molecule has 0 bridgehead atoms. The Morgan fingerprint density at radius 1 is 1.18 bits per heavy atom. The van der Waals surface area contributed by atoms with Crippen molar-refractivity contribution in [3.05, 3.63) is 58.5 Å². The number of Topliss-reactive ketones (excluding diaryl/α,β-unsaturated/α-hetero) is 1. The Kier molecular flexibility index (Phi) is 8.68. The van der Waals surface area contributed by atoms with Crippen LogP contribution in [0, 0.1) is 31.6 Å². The van der Waals surface area contributed by atoms with Crippen LogP contribution in [0.3, 0.4) is 0 Å². The summed E-state index contributed by atoms with van der Waals surface area (Å²) in [6.07, 6.45) is -1.86. The molecule has 1 aliphatic carbocycles. The van der Waals surface area contributed by atoms with Crippen LogP contribution < -0.4 is 5.32 Å². The number of halogens is 5. The Morgan fingerprint density at radius 2 is 1.95 bits per heavy atom. The van der Waals surface area contributed by atoms with Gasteiger partial charge in [-0.25, -0.2) is 18.7 Å². The summed E-state index contributed by atoms with van der Waals surface area (Å²) in [6, 6.07) is 5.90. The number of alkyl halides is 5. The topological polar surface area (TPSA) is 67.8 Å². The summed E-state index contributed by atoms with van der Waals surface area (Å²) >= 11 is 1.38. The summed E-state index contributed by atoms with van der Waals surface area (Å²) in [7, 11) is 0. The van der Waals surface area contributed by atoms with Gasteiger partial charge >= 0.3 is 6.18 Å². The number of aromatic nitrogens is 3. The molecule has 0 saturated heterocycles. The summed E-state index contributed by atoms with van der Waals surface area (Å²) in [4.78, 5) is 27.3. The highest BCUT2D eigenvalue weighted by Crippen LogP contribution is 2.40. The summed E-state index contributed by atoms with van der Waals surface area (Å²) in [5.74, 6) is -4.15. The molecule has 3 atom stereocenters. The van der Waals surface area contributed by atoms with Crippen LogP contribution in [-0.4, -0.2) is 33.2 Å². The third-order valence-electron chi connectivity index (χ3n) is 7.23. The number of anilines is 1. The molecule has 3 heterocycles. The lowest BCUT2D eigenvalue weighted by molar-refractivity contribution is -0.137. The van der Waals surface area contributed by atoms with E-state index < -0.39 is 29.5 Å². The fraction of sp³-hybridized carbons (Fsp3) is 0.500. The van der Waals surface area contributed by atoms with Gasteiger partial charge in [0, 0.05) is 37.7 Å². The molecule has 3 aromatic rings. The van der Waals surface area contributed by atoms with Crippen LogP contribution in [0.1, 0.15) is 65.7 Å². The average molecular weight is 567 g/mol. The third kappa shape index (κ3) is 7.38. The van der Waals surface area contributed by atoms with Gasteiger partial charge in [0.1, 0.15) is 11.5 Å². The molecule has 5 nitrogen and oxygen atoms in total. The molecule has 39 heavy (non-hydrogen) atoms. The van der Waals surface area contributed by atoms with Crippen LogP contribution in [0.2, 0.25) is 0 Å². The predicted molar refractivity (Wildman–Crippen MR) is 141 cm³/mol. The zero-order valence-corrected chi connectivity index (χ0v) is 22.8. The molecule has 1 aliphatic rings. The highest BCUT2D eigenvalue weighted by atomic mass is 32.1. The molecular formula is C28H31F5N4OS. The molecule has 0 amide bonds. The smallest absolute Gasteiger partial charge is 0.370 e. The van der Waals surface area contributed by atoms with Gasteiger partial charge in [0.15, 0.2) is 5.78 Å². The second-order valence-electron chi connectivity index (χ2n) is 10.4. The lowest BCUT2D eigenvalue weighted by Crippen LogP contribution is -2.29. The molecule has 1 fully saturated rings. The Morgan fingerprint density at radius 3 is 2.62 bits per heavy atom. The summed E-state index contributed by atoms with van der Waals surface area (Å²) < 4.78 is 68.1. The summed E-state index contributed by atoms with van der Waals surface area (Å²) in [5.41, 5.74) is 1.09. The van der Waals surface area contributed by atoms with Crippen molar-refractivity contribution in [2.24, 2.45) is 17.8 Å². The molecule has 1 saturated carbocycles. The maximum atomic E-state index is 14.7. The number of nitrogens with zero attached hydrogens (tertiary/aromatic N) is 3. The van der Waals surface area contributed by atoms with E-state index >= 15 is 0 Å². The fourth-order valence-corrected chi connectivity index (χ4v) is 6.00. The van der Waals surface area contributed by atoms with Crippen molar-refractivity contribution in [2.45, 2.75) is 65.0 Å². The number of nitrogens with one attached hydrogen (secondary N) is 1. The van der Waals surface area contributed by atoms with E-state index in [0.29, 0.717) is 34.1 Å². The van der Waals surface area contributed by atoms with Crippen LogP contribution in [-0.2, 0) is 6.18 Å². The van der Waals surface area contributed by atoms with Crippen LogP contribution in [0.5, 0.6) is 0 Å². The molecule has 4 rings (SSSR count). The van der Waals surface area contributed by atoms with Gasteiger partial charge in [-0.05, 0) is 74.8 Å². The molecule has 0 radical (unpaired) electrons. The van der Waals surface area contributed by atoms with Gasteiger partial charge in [0.2, 0.25) is 5.92 Å². The summed E-state index contributed by atoms with van der Waals surface area (Å²) in [5, 5.41) is 3.72. The number of pyridine rings is 2. The lowest BCUT2D eigenvalue weighted by atomic mass is 9.80. The van der Waals surface area contributed by atoms with Gasteiger partial charge < -0.3 is 5.32 Å². The van der Waals surface area contributed by atoms with Crippen LogP contribution in [0.15, 0.2) is 36.7 Å². The molecule has 0 spiro atoms. The van der Waals surface area contributed by atoms with Crippen molar-refractivity contribution < 1.29 is 26.7 Å². The number of hydrogen-bond acceptors (Lipinski definition) is 6. The van der Waals surface area contributed by atoms with E-state index in [1.807, 2.05) is 26.0 Å². The number of rotatable bonds is 6. The Balaban J connectivity index is 1.58. The van der Waals surface area contributed by atoms with Crippen LogP contribution >= 0.6 is 11.3 Å². The Labute approximate surface area is 228 Å². The minimum Gasteiger partial charge on any atom is -0.370 e. The van der Waals surface area contributed by atoms with Gasteiger partial charge in [-0.2, -0.15) is 13.2 Å². The first-order valence-corrected chi connectivity index (χ1v) is 13.7. The first-order valence-electron chi connectivity index (χ1n) is 12.9. The quantitative estimate of drug-likeness (QED) is 0.242. The minimum atomic E-state index is -4.50. The first-order chi connectivity index (χ1) is 18.3.